The number of likely N-dealkylation sites (N-methyl/N-ethyl adjacent to an activating group) is 1. The first-order chi connectivity index (χ1) is 14.5. The lowest BCUT2D eigenvalue weighted by molar-refractivity contribution is 0.0938. The molecule has 0 radical (unpaired) electrons. The number of amides is 1. The summed E-state index contributed by atoms with van der Waals surface area (Å²) in [5.41, 5.74) is 1.92. The Kier molecular flexibility index (Phi) is 6.01. The maximum Gasteiger partial charge on any atom is 0.262 e. The molecule has 3 aromatic rings. The topological polar surface area (TPSA) is 67.2 Å². The van der Waals surface area contributed by atoms with Gasteiger partial charge in [0, 0.05) is 19.5 Å². The summed E-state index contributed by atoms with van der Waals surface area (Å²) in [6, 6.07) is 10.4. The Morgan fingerprint density at radius 1 is 1.27 bits per heavy atom. The predicted molar refractivity (Wildman–Crippen MR) is 121 cm³/mol. The highest BCUT2D eigenvalue weighted by molar-refractivity contribution is 7.20. The molecule has 1 N–H and O–H groups in total. The molecule has 1 aliphatic rings. The van der Waals surface area contributed by atoms with Gasteiger partial charge >= 0.3 is 0 Å². The predicted octanol–water partition coefficient (Wildman–Crippen LogP) is 3.53. The highest BCUT2D eigenvalue weighted by atomic mass is 32.1. The number of benzene rings is 1. The second-order valence-corrected chi connectivity index (χ2v) is 8.68. The van der Waals surface area contributed by atoms with E-state index in [1.165, 1.54) is 16.9 Å². The standard InChI is InChI=1S/C23H28N4O2S/c1-4-26(5-2)17(16-10-7-6-8-11-16)14-24-21(28)20-15(3)19-22(30-20)25-18-12-9-13-27(18)23(19)29/h6-8,10-11,17H,4-5,9,12-14H2,1-3H3,(H,24,28). The number of thiophene rings is 1. The fourth-order valence-corrected chi connectivity index (χ4v) is 5.47. The molecule has 0 bridgehead atoms. The lowest BCUT2D eigenvalue weighted by Gasteiger charge is -2.30. The van der Waals surface area contributed by atoms with Crippen molar-refractivity contribution in [1.82, 2.24) is 19.8 Å². The molecule has 158 valence electrons. The first kappa shape index (κ1) is 20.8. The fraction of sp³-hybridized carbons (Fsp3) is 0.435. The highest BCUT2D eigenvalue weighted by Gasteiger charge is 2.24. The van der Waals surface area contributed by atoms with Crippen molar-refractivity contribution in [2.45, 2.75) is 46.2 Å². The van der Waals surface area contributed by atoms with Crippen molar-refractivity contribution in [1.29, 1.82) is 0 Å². The van der Waals surface area contributed by atoms with E-state index in [1.54, 1.807) is 4.57 Å². The van der Waals surface area contributed by atoms with E-state index in [4.69, 9.17) is 0 Å². The molecule has 0 fully saturated rings. The molecule has 7 heteroatoms. The molecular formula is C23H28N4O2S. The van der Waals surface area contributed by atoms with Crippen molar-refractivity contribution in [2.24, 2.45) is 0 Å². The first-order valence-electron chi connectivity index (χ1n) is 10.6. The lowest BCUT2D eigenvalue weighted by Crippen LogP contribution is -2.38. The van der Waals surface area contributed by atoms with E-state index >= 15 is 0 Å². The van der Waals surface area contributed by atoms with Crippen LogP contribution in [0.5, 0.6) is 0 Å². The van der Waals surface area contributed by atoms with Gasteiger partial charge in [0.25, 0.3) is 11.5 Å². The smallest absolute Gasteiger partial charge is 0.262 e. The molecule has 1 aromatic carbocycles. The minimum Gasteiger partial charge on any atom is -0.349 e. The van der Waals surface area contributed by atoms with Gasteiger partial charge in [0.15, 0.2) is 0 Å². The van der Waals surface area contributed by atoms with Gasteiger partial charge in [-0.25, -0.2) is 4.98 Å². The van der Waals surface area contributed by atoms with E-state index in [-0.39, 0.29) is 17.5 Å². The van der Waals surface area contributed by atoms with Crippen LogP contribution in [-0.2, 0) is 13.0 Å². The van der Waals surface area contributed by atoms with Gasteiger partial charge in [-0.3, -0.25) is 19.1 Å². The third kappa shape index (κ3) is 3.68. The molecular weight excluding hydrogens is 396 g/mol. The van der Waals surface area contributed by atoms with E-state index in [2.05, 4.69) is 41.2 Å². The van der Waals surface area contributed by atoms with Crippen LogP contribution >= 0.6 is 11.3 Å². The van der Waals surface area contributed by atoms with Crippen LogP contribution in [0.15, 0.2) is 35.1 Å². The van der Waals surface area contributed by atoms with Gasteiger partial charge in [0.05, 0.1) is 16.3 Å². The summed E-state index contributed by atoms with van der Waals surface area (Å²) in [5, 5.41) is 3.71. The summed E-state index contributed by atoms with van der Waals surface area (Å²) in [4.78, 5) is 34.2. The van der Waals surface area contributed by atoms with Crippen molar-refractivity contribution in [3.05, 3.63) is 62.5 Å². The molecule has 1 amide bonds. The van der Waals surface area contributed by atoms with Crippen LogP contribution in [0, 0.1) is 6.92 Å². The van der Waals surface area contributed by atoms with Crippen molar-refractivity contribution >= 4 is 27.5 Å². The lowest BCUT2D eigenvalue weighted by atomic mass is 10.0. The minimum absolute atomic E-state index is 0.00870. The van der Waals surface area contributed by atoms with Crippen LogP contribution in [-0.4, -0.2) is 40.0 Å². The molecule has 0 saturated carbocycles. The second kappa shape index (κ2) is 8.70. The summed E-state index contributed by atoms with van der Waals surface area (Å²) >= 11 is 1.33. The number of carbonyl (C=O) groups is 1. The van der Waals surface area contributed by atoms with Gasteiger partial charge in [-0.2, -0.15) is 0 Å². The Labute approximate surface area is 180 Å². The van der Waals surface area contributed by atoms with Crippen LogP contribution in [0.4, 0.5) is 0 Å². The number of hydrogen-bond acceptors (Lipinski definition) is 5. The van der Waals surface area contributed by atoms with Crippen LogP contribution in [0.25, 0.3) is 10.2 Å². The molecule has 6 nitrogen and oxygen atoms in total. The van der Waals surface area contributed by atoms with Crippen molar-refractivity contribution in [2.75, 3.05) is 19.6 Å². The number of aromatic nitrogens is 2. The number of hydrogen-bond donors (Lipinski definition) is 1. The number of carbonyl (C=O) groups excluding carboxylic acids is 1. The first-order valence-corrected chi connectivity index (χ1v) is 11.5. The number of aryl methyl sites for hydroxylation is 2. The molecule has 30 heavy (non-hydrogen) atoms. The average molecular weight is 425 g/mol. The SMILES string of the molecule is CCN(CC)C(CNC(=O)c1sc2nc3n(c(=O)c2c1C)CCC3)c1ccccc1. The highest BCUT2D eigenvalue weighted by Crippen LogP contribution is 2.29. The van der Waals surface area contributed by atoms with Crippen LogP contribution in [0.1, 0.15) is 52.9 Å². The third-order valence-corrected chi connectivity index (χ3v) is 7.20. The Bertz CT molecular complexity index is 1120. The molecule has 0 saturated heterocycles. The number of rotatable bonds is 7. The summed E-state index contributed by atoms with van der Waals surface area (Å²) < 4.78 is 1.76. The van der Waals surface area contributed by atoms with Gasteiger partial charge in [0.2, 0.25) is 0 Å². The molecule has 4 rings (SSSR count). The van der Waals surface area contributed by atoms with Crippen LogP contribution in [0.3, 0.4) is 0 Å². The number of fused-ring (bicyclic) bond motifs is 2. The van der Waals surface area contributed by atoms with Crippen molar-refractivity contribution in [3.63, 3.8) is 0 Å². The largest absolute Gasteiger partial charge is 0.349 e. The zero-order chi connectivity index (χ0) is 21.3. The van der Waals surface area contributed by atoms with Gasteiger partial charge in [-0.1, -0.05) is 44.2 Å². The van der Waals surface area contributed by atoms with Gasteiger partial charge < -0.3 is 5.32 Å². The summed E-state index contributed by atoms with van der Waals surface area (Å²) in [7, 11) is 0. The monoisotopic (exact) mass is 424 g/mol. The molecule has 1 atom stereocenters. The minimum atomic E-state index is -0.131. The van der Waals surface area contributed by atoms with Gasteiger partial charge in [0.1, 0.15) is 10.7 Å². The summed E-state index contributed by atoms with van der Waals surface area (Å²) in [6.45, 7) is 9.17. The van der Waals surface area contributed by atoms with Crippen LogP contribution in [0.2, 0.25) is 0 Å². The van der Waals surface area contributed by atoms with Crippen LogP contribution < -0.4 is 10.9 Å². The molecule has 3 heterocycles. The molecule has 0 aliphatic carbocycles. The quantitative estimate of drug-likeness (QED) is 0.630. The molecule has 1 aliphatic heterocycles. The maximum atomic E-state index is 13.1. The molecule has 1 unspecified atom stereocenters. The average Bonchev–Trinajstić information content (AvgIpc) is 3.36. The molecule has 2 aromatic heterocycles. The van der Waals surface area contributed by atoms with E-state index < -0.39 is 0 Å². The molecule has 0 spiro atoms. The maximum absolute atomic E-state index is 13.1. The Hall–Kier alpha value is -2.51. The van der Waals surface area contributed by atoms with E-state index in [0.29, 0.717) is 21.6 Å². The summed E-state index contributed by atoms with van der Waals surface area (Å²) in [5.74, 6) is 0.708. The summed E-state index contributed by atoms with van der Waals surface area (Å²) in [6.07, 6.45) is 1.78. The normalized spacial score (nSPS) is 14.3. The van der Waals surface area contributed by atoms with E-state index in [9.17, 15) is 9.59 Å². The zero-order valence-electron chi connectivity index (χ0n) is 17.8. The Morgan fingerprint density at radius 2 is 2.00 bits per heavy atom. The second-order valence-electron chi connectivity index (χ2n) is 7.68. The fourth-order valence-electron chi connectivity index (χ4n) is 4.36. The Morgan fingerprint density at radius 3 is 2.70 bits per heavy atom. The number of nitrogens with one attached hydrogen (secondary N) is 1. The Balaban J connectivity index is 1.60. The van der Waals surface area contributed by atoms with Crippen molar-refractivity contribution < 1.29 is 4.79 Å². The van der Waals surface area contributed by atoms with Gasteiger partial charge in [-0.15, -0.1) is 11.3 Å². The van der Waals surface area contributed by atoms with E-state index in [1.807, 2.05) is 25.1 Å². The van der Waals surface area contributed by atoms with E-state index in [0.717, 1.165) is 43.9 Å². The third-order valence-electron chi connectivity index (χ3n) is 6.01. The van der Waals surface area contributed by atoms with Crippen molar-refractivity contribution in [3.8, 4) is 0 Å². The number of nitrogens with zero attached hydrogens (tertiary/aromatic N) is 3. The zero-order valence-corrected chi connectivity index (χ0v) is 18.6. The van der Waals surface area contributed by atoms with Gasteiger partial charge in [-0.05, 0) is 37.6 Å².